The Hall–Kier alpha value is -4.15. The van der Waals surface area contributed by atoms with Gasteiger partial charge in [-0.2, -0.15) is 13.9 Å². The SMILES string of the molecule is CN=CC(CNC(=O)N1CCN(c2c(F)cc(N3C[C@H](CNC(=O)C(F)F)OC3=O)cc2F)CCO1)=NN. The number of benzene rings is 1. The number of cyclic esters (lactones) is 1. The van der Waals surface area contributed by atoms with Gasteiger partial charge < -0.3 is 26.1 Å². The Balaban J connectivity index is 1.63. The number of nitrogens with one attached hydrogen (secondary N) is 2. The first kappa shape index (κ1) is 28.4. The normalized spacial score (nSPS) is 18.7. The van der Waals surface area contributed by atoms with Crippen LogP contribution in [0.4, 0.5) is 38.5 Å². The summed E-state index contributed by atoms with van der Waals surface area (Å²) >= 11 is 0. The molecule has 4 N–H and O–H groups in total. The quantitative estimate of drug-likeness (QED) is 0.185. The van der Waals surface area contributed by atoms with E-state index in [1.54, 1.807) is 0 Å². The molecule has 1 aromatic rings. The van der Waals surface area contributed by atoms with Crippen LogP contribution >= 0.6 is 0 Å². The molecule has 13 nitrogen and oxygen atoms in total. The lowest BCUT2D eigenvalue weighted by Gasteiger charge is -2.24. The third-order valence-corrected chi connectivity index (χ3v) is 5.48. The fraction of sp³-hybridized carbons (Fsp3) is 0.476. The number of carbonyl (C=O) groups excluding carboxylic acids is 3. The molecule has 2 aliphatic rings. The molecule has 2 heterocycles. The largest absolute Gasteiger partial charge is 0.442 e. The van der Waals surface area contributed by atoms with Crippen LogP contribution in [-0.4, -0.2) is 100 Å². The van der Waals surface area contributed by atoms with Crippen LogP contribution in [0.1, 0.15) is 0 Å². The van der Waals surface area contributed by atoms with E-state index in [0.29, 0.717) is 5.71 Å². The zero-order valence-corrected chi connectivity index (χ0v) is 20.2. The number of nitrogens with zero attached hydrogens (tertiary/aromatic N) is 5. The predicted octanol–water partition coefficient (Wildman–Crippen LogP) is 0.450. The van der Waals surface area contributed by atoms with E-state index >= 15 is 8.78 Å². The van der Waals surface area contributed by atoms with Crippen molar-refractivity contribution in [2.75, 3.05) is 62.7 Å². The predicted molar refractivity (Wildman–Crippen MR) is 127 cm³/mol. The molecule has 38 heavy (non-hydrogen) atoms. The Labute approximate surface area is 214 Å². The smallest absolute Gasteiger partial charge is 0.414 e. The maximum Gasteiger partial charge on any atom is 0.414 e. The highest BCUT2D eigenvalue weighted by atomic mass is 19.3. The second kappa shape index (κ2) is 12.9. The summed E-state index contributed by atoms with van der Waals surface area (Å²) in [5.41, 5.74) is -0.228. The maximum atomic E-state index is 15.1. The lowest BCUT2D eigenvalue weighted by Crippen LogP contribution is -2.43. The number of urea groups is 1. The van der Waals surface area contributed by atoms with E-state index in [2.05, 4.69) is 15.4 Å². The summed E-state index contributed by atoms with van der Waals surface area (Å²) in [6.45, 7) is -0.652. The molecule has 17 heteroatoms. The van der Waals surface area contributed by atoms with Crippen molar-refractivity contribution in [3.63, 3.8) is 0 Å². The van der Waals surface area contributed by atoms with Crippen molar-refractivity contribution >= 4 is 41.3 Å². The standard InChI is InChI=1S/C21H26F4N8O5/c1-27-8-12(30-26)9-29-20(35)33-3-2-31(4-5-37-33)17-15(22)6-13(7-16(17)23)32-11-14(38-21(32)36)10-28-19(34)18(24)25/h6-8,14,18H,2-5,9-11,26H2,1H3,(H,28,34)(H,29,35)/t14-/m0/s1. The Morgan fingerprint density at radius 1 is 1.21 bits per heavy atom. The van der Waals surface area contributed by atoms with Crippen LogP contribution < -0.4 is 26.3 Å². The number of hydrazone groups is 1. The summed E-state index contributed by atoms with van der Waals surface area (Å²) < 4.78 is 59.7. The van der Waals surface area contributed by atoms with Gasteiger partial charge in [-0.25, -0.2) is 23.4 Å². The number of rotatable bonds is 8. The van der Waals surface area contributed by atoms with Gasteiger partial charge in [0.15, 0.2) is 11.6 Å². The van der Waals surface area contributed by atoms with Gasteiger partial charge in [-0.05, 0) is 0 Å². The highest BCUT2D eigenvalue weighted by molar-refractivity contribution is 6.31. The second-order valence-electron chi connectivity index (χ2n) is 8.01. The number of hydrogen-bond acceptors (Lipinski definition) is 9. The maximum absolute atomic E-state index is 15.1. The van der Waals surface area contributed by atoms with Gasteiger partial charge in [-0.15, -0.1) is 0 Å². The van der Waals surface area contributed by atoms with Gasteiger partial charge in [0.05, 0.1) is 44.2 Å². The molecule has 0 spiro atoms. The van der Waals surface area contributed by atoms with Crippen molar-refractivity contribution in [2.24, 2.45) is 15.9 Å². The summed E-state index contributed by atoms with van der Waals surface area (Å²) in [5.74, 6) is 1.72. The molecule has 2 fully saturated rings. The number of hydroxylamine groups is 2. The molecule has 0 saturated carbocycles. The van der Waals surface area contributed by atoms with Crippen LogP contribution in [0.25, 0.3) is 0 Å². The van der Waals surface area contributed by atoms with E-state index in [-0.39, 0.29) is 50.7 Å². The van der Waals surface area contributed by atoms with Crippen LogP contribution in [0, 0.1) is 11.6 Å². The van der Waals surface area contributed by atoms with E-state index in [4.69, 9.17) is 15.4 Å². The zero-order valence-electron chi connectivity index (χ0n) is 20.2. The first-order valence-electron chi connectivity index (χ1n) is 11.3. The summed E-state index contributed by atoms with van der Waals surface area (Å²) in [4.78, 5) is 47.0. The molecule has 1 atom stereocenters. The van der Waals surface area contributed by atoms with Crippen molar-refractivity contribution < 1.29 is 41.5 Å². The molecule has 0 aromatic heterocycles. The first-order chi connectivity index (χ1) is 18.1. The van der Waals surface area contributed by atoms with Crippen LogP contribution in [0.15, 0.2) is 22.2 Å². The number of aliphatic imine (C=N–C) groups is 1. The topological polar surface area (TPSA) is 154 Å². The molecule has 3 rings (SSSR count). The number of amides is 4. The molecule has 208 valence electrons. The van der Waals surface area contributed by atoms with Crippen molar-refractivity contribution in [3.8, 4) is 0 Å². The van der Waals surface area contributed by atoms with Crippen molar-refractivity contribution in [1.29, 1.82) is 0 Å². The summed E-state index contributed by atoms with van der Waals surface area (Å²) in [6.07, 6.45) is -3.81. The van der Waals surface area contributed by atoms with Gasteiger partial charge >= 0.3 is 18.5 Å². The van der Waals surface area contributed by atoms with E-state index in [1.165, 1.54) is 18.2 Å². The zero-order chi connectivity index (χ0) is 27.8. The fourth-order valence-electron chi connectivity index (χ4n) is 3.70. The first-order valence-corrected chi connectivity index (χ1v) is 11.3. The number of halogens is 4. The number of nitrogens with two attached hydrogens (primary N) is 1. The lowest BCUT2D eigenvalue weighted by molar-refractivity contribution is -0.132. The van der Waals surface area contributed by atoms with Gasteiger partial charge in [0.1, 0.15) is 11.8 Å². The Bertz CT molecular complexity index is 1080. The van der Waals surface area contributed by atoms with E-state index in [0.717, 1.165) is 22.1 Å². The van der Waals surface area contributed by atoms with Crippen LogP contribution in [0.5, 0.6) is 0 Å². The molecular formula is C21H26F4N8O5. The van der Waals surface area contributed by atoms with Gasteiger partial charge in [0, 0.05) is 38.5 Å². The summed E-state index contributed by atoms with van der Waals surface area (Å²) in [6, 6.07) is 1.25. The minimum atomic E-state index is -3.23. The highest BCUT2D eigenvalue weighted by Gasteiger charge is 2.34. The molecule has 4 amide bonds. The number of ether oxygens (including phenoxy) is 1. The number of hydrogen-bond donors (Lipinski definition) is 3. The van der Waals surface area contributed by atoms with Crippen LogP contribution in [0.3, 0.4) is 0 Å². The molecule has 2 saturated heterocycles. The highest BCUT2D eigenvalue weighted by Crippen LogP contribution is 2.31. The molecule has 0 bridgehead atoms. The second-order valence-corrected chi connectivity index (χ2v) is 8.01. The average molecular weight is 546 g/mol. The number of carbonyl (C=O) groups is 3. The molecule has 0 aliphatic carbocycles. The summed E-state index contributed by atoms with van der Waals surface area (Å²) in [5, 5.41) is 8.95. The molecule has 2 aliphatic heterocycles. The fourth-order valence-corrected chi connectivity index (χ4v) is 3.70. The molecular weight excluding hydrogens is 520 g/mol. The van der Waals surface area contributed by atoms with Crippen LogP contribution in [-0.2, 0) is 14.4 Å². The minimum Gasteiger partial charge on any atom is -0.442 e. The number of alkyl halides is 2. The van der Waals surface area contributed by atoms with Gasteiger partial charge in [0.25, 0.3) is 5.91 Å². The monoisotopic (exact) mass is 546 g/mol. The third kappa shape index (κ3) is 6.99. The lowest BCUT2D eigenvalue weighted by atomic mass is 10.2. The van der Waals surface area contributed by atoms with Crippen molar-refractivity contribution in [1.82, 2.24) is 15.7 Å². The van der Waals surface area contributed by atoms with E-state index in [1.807, 2.05) is 5.32 Å². The minimum absolute atomic E-state index is 0.0145. The molecule has 0 unspecified atom stereocenters. The van der Waals surface area contributed by atoms with Crippen molar-refractivity contribution in [3.05, 3.63) is 23.8 Å². The average Bonchev–Trinajstić information content (AvgIpc) is 3.08. The Morgan fingerprint density at radius 3 is 2.55 bits per heavy atom. The summed E-state index contributed by atoms with van der Waals surface area (Å²) in [7, 11) is 1.51. The third-order valence-electron chi connectivity index (χ3n) is 5.48. The van der Waals surface area contributed by atoms with Gasteiger partial charge in [0.2, 0.25) is 0 Å². The van der Waals surface area contributed by atoms with Gasteiger partial charge in [-0.1, -0.05) is 0 Å². The number of anilines is 2. The molecule has 0 radical (unpaired) electrons. The van der Waals surface area contributed by atoms with Crippen LogP contribution in [0.2, 0.25) is 0 Å². The molecule has 1 aromatic carbocycles. The van der Waals surface area contributed by atoms with E-state index < -0.39 is 48.7 Å². The Morgan fingerprint density at radius 2 is 1.92 bits per heavy atom. The Kier molecular flexibility index (Phi) is 9.64. The van der Waals surface area contributed by atoms with Crippen molar-refractivity contribution in [2.45, 2.75) is 12.5 Å². The van der Waals surface area contributed by atoms with E-state index in [9.17, 15) is 23.2 Å². The van der Waals surface area contributed by atoms with Gasteiger partial charge in [-0.3, -0.25) is 19.5 Å².